The Labute approximate surface area is 107 Å². The van der Waals surface area contributed by atoms with Crippen LogP contribution in [0.4, 0.5) is 13.2 Å². The molecule has 0 aliphatic heterocycles. The summed E-state index contributed by atoms with van der Waals surface area (Å²) in [5, 5.41) is 4.34. The fraction of sp³-hybridized carbons (Fsp3) is 0.600. The van der Waals surface area contributed by atoms with E-state index in [0.717, 1.165) is 0 Å². The Morgan fingerprint density at radius 2 is 2.11 bits per heavy atom. The Balaban J connectivity index is 2.50. The molecule has 0 unspecified atom stereocenters. The molecule has 0 aliphatic carbocycles. The Morgan fingerprint density at radius 1 is 1.50 bits per heavy atom. The maximum Gasteiger partial charge on any atom is 0.411 e. The Bertz CT molecular complexity index is 443. The normalized spacial score (nSPS) is 11.9. The number of carbonyl (C=O) groups is 1. The lowest BCUT2D eigenvalue weighted by molar-refractivity contribution is -0.175. The highest BCUT2D eigenvalue weighted by Gasteiger charge is 2.28. The number of ether oxygens (including phenoxy) is 1. The van der Waals surface area contributed by atoms with E-state index < -0.39 is 25.2 Å². The Kier molecular flexibility index (Phi) is 4.75. The van der Waals surface area contributed by atoms with Gasteiger partial charge in [-0.25, -0.2) is 0 Å². The number of hydrogen-bond donors (Lipinski definition) is 0. The van der Waals surface area contributed by atoms with Gasteiger partial charge in [0.1, 0.15) is 13.2 Å². The highest BCUT2D eigenvalue weighted by Crippen LogP contribution is 2.20. The van der Waals surface area contributed by atoms with Crippen molar-refractivity contribution in [1.82, 2.24) is 9.78 Å². The number of nitrogens with zero attached hydrogens (tertiary/aromatic N) is 2. The fourth-order valence-corrected chi connectivity index (χ4v) is 1.62. The van der Waals surface area contributed by atoms with E-state index in [1.54, 1.807) is 14.0 Å². The molecule has 0 aliphatic rings. The second-order valence-corrected chi connectivity index (χ2v) is 4.17. The molecule has 0 N–H and O–H groups in total. The first-order valence-electron chi connectivity index (χ1n) is 5.05. The predicted molar refractivity (Wildman–Crippen MR) is 58.5 cm³/mol. The molecule has 1 aromatic heterocycles. The van der Waals surface area contributed by atoms with Gasteiger partial charge in [0.25, 0.3) is 0 Å². The second kappa shape index (κ2) is 5.71. The second-order valence-electron chi connectivity index (χ2n) is 3.79. The van der Waals surface area contributed by atoms with E-state index in [1.165, 1.54) is 4.68 Å². The van der Waals surface area contributed by atoms with Crippen LogP contribution in [-0.4, -0.2) is 35.0 Å². The van der Waals surface area contributed by atoms with Crippen LogP contribution >= 0.6 is 11.6 Å². The maximum atomic E-state index is 11.8. The molecule has 8 heteroatoms. The van der Waals surface area contributed by atoms with Gasteiger partial charge >= 0.3 is 6.18 Å². The van der Waals surface area contributed by atoms with Crippen LogP contribution in [-0.2, 0) is 23.0 Å². The molecular formula is C10H12ClF3N2O2. The molecule has 0 amide bonds. The van der Waals surface area contributed by atoms with Crippen LogP contribution < -0.4 is 0 Å². The molecule has 18 heavy (non-hydrogen) atoms. The summed E-state index contributed by atoms with van der Waals surface area (Å²) in [5.74, 6) is -0.482. The number of aromatic nitrogens is 2. The van der Waals surface area contributed by atoms with Crippen LogP contribution in [0.25, 0.3) is 0 Å². The number of hydrogen-bond acceptors (Lipinski definition) is 3. The summed E-state index contributed by atoms with van der Waals surface area (Å²) >= 11 is 5.91. The SMILES string of the molecule is Cc1nn(C)c(CC(=O)COCC(F)(F)F)c1Cl. The van der Waals surface area contributed by atoms with Crippen LogP contribution in [0, 0.1) is 6.92 Å². The molecule has 4 nitrogen and oxygen atoms in total. The summed E-state index contributed by atoms with van der Waals surface area (Å²) < 4.78 is 41.1. The molecule has 0 saturated carbocycles. The summed E-state index contributed by atoms with van der Waals surface area (Å²) in [4.78, 5) is 11.4. The lowest BCUT2D eigenvalue weighted by Crippen LogP contribution is -2.21. The molecular weight excluding hydrogens is 273 g/mol. The van der Waals surface area contributed by atoms with Crippen molar-refractivity contribution >= 4 is 17.4 Å². The van der Waals surface area contributed by atoms with Gasteiger partial charge in [-0.3, -0.25) is 9.48 Å². The summed E-state index contributed by atoms with van der Waals surface area (Å²) in [6, 6.07) is 0. The third-order valence-electron chi connectivity index (χ3n) is 2.16. The topological polar surface area (TPSA) is 44.1 Å². The molecule has 102 valence electrons. The molecule has 0 bridgehead atoms. The van der Waals surface area contributed by atoms with Gasteiger partial charge in [-0.15, -0.1) is 0 Å². The zero-order chi connectivity index (χ0) is 13.9. The van der Waals surface area contributed by atoms with E-state index in [4.69, 9.17) is 11.6 Å². The number of Topliss-reactive ketones (excluding diaryl/α,β-unsaturated/α-hetero) is 1. The molecule has 0 saturated heterocycles. The van der Waals surface area contributed by atoms with E-state index in [0.29, 0.717) is 16.4 Å². The minimum Gasteiger partial charge on any atom is -0.364 e. The fourth-order valence-electron chi connectivity index (χ4n) is 1.39. The van der Waals surface area contributed by atoms with Crippen LogP contribution in [0.5, 0.6) is 0 Å². The quantitative estimate of drug-likeness (QED) is 0.831. The van der Waals surface area contributed by atoms with E-state index >= 15 is 0 Å². The zero-order valence-corrected chi connectivity index (χ0v) is 10.6. The summed E-state index contributed by atoms with van der Waals surface area (Å²) in [6.07, 6.45) is -4.53. The summed E-state index contributed by atoms with van der Waals surface area (Å²) in [7, 11) is 1.61. The molecule has 0 atom stereocenters. The maximum absolute atomic E-state index is 11.8. The molecule has 1 heterocycles. The smallest absolute Gasteiger partial charge is 0.364 e. The largest absolute Gasteiger partial charge is 0.411 e. The van der Waals surface area contributed by atoms with Crippen LogP contribution in [0.15, 0.2) is 0 Å². The number of aryl methyl sites for hydroxylation is 2. The van der Waals surface area contributed by atoms with Crippen molar-refractivity contribution in [2.45, 2.75) is 19.5 Å². The lowest BCUT2D eigenvalue weighted by atomic mass is 10.2. The molecule has 0 spiro atoms. The van der Waals surface area contributed by atoms with E-state index in [1.807, 2.05) is 0 Å². The first-order valence-corrected chi connectivity index (χ1v) is 5.42. The van der Waals surface area contributed by atoms with Crippen molar-refractivity contribution in [2.75, 3.05) is 13.2 Å². The Morgan fingerprint density at radius 3 is 2.56 bits per heavy atom. The van der Waals surface area contributed by atoms with Gasteiger partial charge in [0.05, 0.1) is 22.8 Å². The van der Waals surface area contributed by atoms with E-state index in [9.17, 15) is 18.0 Å². The number of halogens is 4. The minimum absolute atomic E-state index is 0.103. The van der Waals surface area contributed by atoms with Crippen molar-refractivity contribution in [1.29, 1.82) is 0 Å². The van der Waals surface area contributed by atoms with Gasteiger partial charge in [0.15, 0.2) is 5.78 Å². The van der Waals surface area contributed by atoms with Crippen molar-refractivity contribution in [3.8, 4) is 0 Å². The molecule has 0 radical (unpaired) electrons. The van der Waals surface area contributed by atoms with Crippen LogP contribution in [0.2, 0.25) is 5.02 Å². The van der Waals surface area contributed by atoms with Crippen LogP contribution in [0.3, 0.4) is 0 Å². The summed E-state index contributed by atoms with van der Waals surface area (Å²) in [6.45, 7) is -0.354. The number of carbonyl (C=O) groups excluding carboxylic acids is 1. The van der Waals surface area contributed by atoms with Gasteiger partial charge in [-0.2, -0.15) is 18.3 Å². The number of alkyl halides is 3. The monoisotopic (exact) mass is 284 g/mol. The molecule has 1 rings (SSSR count). The number of rotatable bonds is 5. The van der Waals surface area contributed by atoms with Crippen molar-refractivity contribution in [2.24, 2.45) is 7.05 Å². The first kappa shape index (κ1) is 15.0. The molecule has 1 aromatic rings. The molecule has 0 fully saturated rings. The third-order valence-corrected chi connectivity index (χ3v) is 2.65. The van der Waals surface area contributed by atoms with Crippen molar-refractivity contribution in [3.63, 3.8) is 0 Å². The average molecular weight is 285 g/mol. The zero-order valence-electron chi connectivity index (χ0n) is 9.84. The Hall–Kier alpha value is -1.08. The molecule has 0 aromatic carbocycles. The van der Waals surface area contributed by atoms with Gasteiger partial charge < -0.3 is 4.74 Å². The standard InChI is InChI=1S/C10H12ClF3N2O2/c1-6-9(11)8(16(2)15-6)3-7(17)4-18-5-10(12,13)14/h3-5H2,1-2H3. The highest BCUT2D eigenvalue weighted by atomic mass is 35.5. The highest BCUT2D eigenvalue weighted by molar-refractivity contribution is 6.32. The minimum atomic E-state index is -4.43. The van der Waals surface area contributed by atoms with E-state index in [-0.39, 0.29) is 6.42 Å². The van der Waals surface area contributed by atoms with Crippen molar-refractivity contribution < 1.29 is 22.7 Å². The van der Waals surface area contributed by atoms with E-state index in [2.05, 4.69) is 9.84 Å². The third kappa shape index (κ3) is 4.30. The van der Waals surface area contributed by atoms with Gasteiger partial charge in [0, 0.05) is 7.05 Å². The number of ketones is 1. The van der Waals surface area contributed by atoms with Gasteiger partial charge in [-0.05, 0) is 6.92 Å². The van der Waals surface area contributed by atoms with Gasteiger partial charge in [0.2, 0.25) is 0 Å². The van der Waals surface area contributed by atoms with Crippen molar-refractivity contribution in [3.05, 3.63) is 16.4 Å². The summed E-state index contributed by atoms with van der Waals surface area (Å²) in [5.41, 5.74) is 1.04. The predicted octanol–water partition coefficient (Wildman–Crippen LogP) is 2.07. The lowest BCUT2D eigenvalue weighted by Gasteiger charge is -2.07. The van der Waals surface area contributed by atoms with Crippen LogP contribution in [0.1, 0.15) is 11.4 Å². The van der Waals surface area contributed by atoms with Gasteiger partial charge in [-0.1, -0.05) is 11.6 Å². The average Bonchev–Trinajstić information content (AvgIpc) is 2.43. The first-order chi connectivity index (χ1) is 8.20.